The third-order valence-corrected chi connectivity index (χ3v) is 2.77. The van der Waals surface area contributed by atoms with Crippen molar-refractivity contribution >= 4 is 23.0 Å². The molecule has 24 heavy (non-hydrogen) atoms. The average molecular weight is 334 g/mol. The summed E-state index contributed by atoms with van der Waals surface area (Å²) in [6, 6.07) is 8.00. The van der Waals surface area contributed by atoms with E-state index in [1.54, 1.807) is 24.3 Å². The summed E-state index contributed by atoms with van der Waals surface area (Å²) in [6.07, 6.45) is -0.805. The Hall–Kier alpha value is -2.67. The van der Waals surface area contributed by atoms with Crippen molar-refractivity contribution in [2.45, 2.75) is 20.8 Å². The highest BCUT2D eigenvalue weighted by Crippen LogP contribution is 2.20. The van der Waals surface area contributed by atoms with Crippen LogP contribution in [0.5, 0.6) is 5.75 Å². The first-order chi connectivity index (χ1) is 11.6. The molecule has 0 unspecified atom stereocenters. The lowest BCUT2D eigenvalue weighted by Crippen LogP contribution is -2.14. The minimum Gasteiger partial charge on any atom is -0.432 e. The summed E-state index contributed by atoms with van der Waals surface area (Å²) in [7, 11) is 0. The van der Waals surface area contributed by atoms with Crippen LogP contribution in [-0.4, -0.2) is 36.9 Å². The van der Waals surface area contributed by atoms with Crippen molar-refractivity contribution in [1.29, 1.82) is 0 Å². The van der Waals surface area contributed by atoms with Gasteiger partial charge in [0.2, 0.25) is 0 Å². The zero-order valence-electron chi connectivity index (χ0n) is 14.1. The monoisotopic (exact) mass is 334 g/mol. The number of nitrogens with zero attached hydrogens (tertiary/aromatic N) is 1. The Morgan fingerprint density at radius 3 is 2.54 bits per heavy atom. The van der Waals surface area contributed by atoms with Crippen LogP contribution in [-0.2, 0) is 9.47 Å². The minimum atomic E-state index is -0.805. The molecule has 7 heteroatoms. The number of ether oxygens (including phenoxy) is 3. The van der Waals surface area contributed by atoms with E-state index in [0.29, 0.717) is 29.9 Å². The largest absolute Gasteiger partial charge is 0.513 e. The third kappa shape index (κ3) is 5.85. The topological polar surface area (TPSA) is 101 Å². The Bertz CT molecular complexity index is 688. The third-order valence-electron chi connectivity index (χ3n) is 2.77. The number of benzene rings is 1. The van der Waals surface area contributed by atoms with Gasteiger partial charge in [-0.05, 0) is 31.2 Å². The summed E-state index contributed by atoms with van der Waals surface area (Å²) >= 11 is 0. The van der Waals surface area contributed by atoms with E-state index >= 15 is 0 Å². The first-order valence-corrected chi connectivity index (χ1v) is 7.73. The van der Waals surface area contributed by atoms with E-state index in [2.05, 4.69) is 4.98 Å². The van der Waals surface area contributed by atoms with Crippen molar-refractivity contribution < 1.29 is 23.8 Å². The molecule has 1 heterocycles. The van der Waals surface area contributed by atoms with Crippen LogP contribution in [0.15, 0.2) is 30.3 Å². The number of amides is 1. The predicted molar refractivity (Wildman–Crippen MR) is 90.1 cm³/mol. The summed E-state index contributed by atoms with van der Waals surface area (Å²) in [5.41, 5.74) is 5.93. The van der Waals surface area contributed by atoms with Gasteiger partial charge in [0.15, 0.2) is 0 Å². The standard InChI is InChI=1S/C15H16N2O5.C2H6/c1-2-20-7-8-21-15(19)22-11-4-6-12-10(9-11)3-5-13(17-12)14(16)18;1-2/h3-6,9H,2,7-8H2,1H3,(H2,16,18);1-2H3. The van der Waals surface area contributed by atoms with E-state index < -0.39 is 12.1 Å². The van der Waals surface area contributed by atoms with Crippen molar-refractivity contribution in [3.05, 3.63) is 36.0 Å². The lowest BCUT2D eigenvalue weighted by molar-refractivity contribution is 0.0560. The molecule has 2 N–H and O–H groups in total. The fraction of sp³-hybridized carbons (Fsp3) is 0.353. The molecule has 1 aromatic heterocycles. The molecule has 0 atom stereocenters. The van der Waals surface area contributed by atoms with Gasteiger partial charge in [-0.15, -0.1) is 0 Å². The number of aromatic nitrogens is 1. The van der Waals surface area contributed by atoms with E-state index in [1.165, 1.54) is 6.07 Å². The van der Waals surface area contributed by atoms with Gasteiger partial charge in [0.25, 0.3) is 5.91 Å². The number of carbonyl (C=O) groups excluding carboxylic acids is 2. The second kappa shape index (κ2) is 10.2. The van der Waals surface area contributed by atoms with Crippen molar-refractivity contribution in [3.8, 4) is 5.75 Å². The zero-order valence-corrected chi connectivity index (χ0v) is 14.1. The highest BCUT2D eigenvalue weighted by Gasteiger charge is 2.08. The molecule has 0 saturated heterocycles. The molecule has 0 spiro atoms. The van der Waals surface area contributed by atoms with Gasteiger partial charge in [-0.3, -0.25) is 4.79 Å². The molecule has 0 aliphatic heterocycles. The maximum absolute atomic E-state index is 11.5. The van der Waals surface area contributed by atoms with E-state index in [4.69, 9.17) is 19.9 Å². The van der Waals surface area contributed by atoms with Gasteiger partial charge in [0.05, 0.1) is 12.1 Å². The normalized spacial score (nSPS) is 9.79. The molecule has 0 aliphatic carbocycles. The predicted octanol–water partition coefficient (Wildman–Crippen LogP) is 2.91. The lowest BCUT2D eigenvalue weighted by Gasteiger charge is -2.07. The average Bonchev–Trinajstić information content (AvgIpc) is 2.60. The second-order valence-corrected chi connectivity index (χ2v) is 4.31. The summed E-state index contributed by atoms with van der Waals surface area (Å²) < 4.78 is 14.9. The van der Waals surface area contributed by atoms with Crippen LogP contribution < -0.4 is 10.5 Å². The number of nitrogens with two attached hydrogens (primary N) is 1. The van der Waals surface area contributed by atoms with Crippen LogP contribution in [0.3, 0.4) is 0 Å². The molecule has 0 bridgehead atoms. The molecule has 2 aromatic rings. The van der Waals surface area contributed by atoms with E-state index in [0.717, 1.165) is 0 Å². The summed E-state index contributed by atoms with van der Waals surface area (Å²) in [5, 5.41) is 0.713. The highest BCUT2D eigenvalue weighted by molar-refractivity contribution is 5.93. The number of carbonyl (C=O) groups is 2. The number of hydrogen-bond donors (Lipinski definition) is 1. The van der Waals surface area contributed by atoms with Gasteiger partial charge < -0.3 is 19.9 Å². The van der Waals surface area contributed by atoms with Crippen LogP contribution in [0.25, 0.3) is 10.9 Å². The van der Waals surface area contributed by atoms with Crippen molar-refractivity contribution in [2.24, 2.45) is 5.73 Å². The van der Waals surface area contributed by atoms with Crippen molar-refractivity contribution in [2.75, 3.05) is 19.8 Å². The summed E-state index contributed by atoms with van der Waals surface area (Å²) in [5.74, 6) is -0.275. The van der Waals surface area contributed by atoms with E-state index in [1.807, 2.05) is 20.8 Å². The Morgan fingerprint density at radius 1 is 1.12 bits per heavy atom. The van der Waals surface area contributed by atoms with Gasteiger partial charge >= 0.3 is 6.16 Å². The fourth-order valence-electron chi connectivity index (χ4n) is 1.76. The zero-order chi connectivity index (χ0) is 17.9. The SMILES string of the molecule is CC.CCOCCOC(=O)Oc1ccc2nc(C(N)=O)ccc2c1. The van der Waals surface area contributed by atoms with E-state index in [-0.39, 0.29) is 12.3 Å². The summed E-state index contributed by atoms with van der Waals surface area (Å²) in [6.45, 7) is 6.86. The number of primary amides is 1. The summed E-state index contributed by atoms with van der Waals surface area (Å²) in [4.78, 5) is 26.6. The van der Waals surface area contributed by atoms with Crippen molar-refractivity contribution in [1.82, 2.24) is 4.98 Å². The molecule has 0 saturated carbocycles. The fourth-order valence-corrected chi connectivity index (χ4v) is 1.76. The quantitative estimate of drug-likeness (QED) is 0.495. The first kappa shape index (κ1) is 19.4. The number of fused-ring (bicyclic) bond motifs is 1. The van der Waals surface area contributed by atoms with Gasteiger partial charge in [-0.1, -0.05) is 19.9 Å². The maximum atomic E-state index is 11.5. The Balaban J connectivity index is 0.00000139. The van der Waals surface area contributed by atoms with Crippen LogP contribution >= 0.6 is 0 Å². The molecule has 1 aromatic carbocycles. The molecular formula is C17H22N2O5. The van der Waals surface area contributed by atoms with Crippen molar-refractivity contribution in [3.63, 3.8) is 0 Å². The molecule has 130 valence electrons. The molecule has 1 amide bonds. The maximum Gasteiger partial charge on any atom is 0.513 e. The number of hydrogen-bond acceptors (Lipinski definition) is 6. The molecule has 0 fully saturated rings. The molecule has 0 radical (unpaired) electrons. The molecule has 2 rings (SSSR count). The lowest BCUT2D eigenvalue weighted by atomic mass is 10.2. The molecule has 7 nitrogen and oxygen atoms in total. The van der Waals surface area contributed by atoms with Gasteiger partial charge in [-0.25, -0.2) is 9.78 Å². The van der Waals surface area contributed by atoms with Crippen LogP contribution in [0.1, 0.15) is 31.3 Å². The Morgan fingerprint density at radius 2 is 1.88 bits per heavy atom. The second-order valence-electron chi connectivity index (χ2n) is 4.31. The van der Waals surface area contributed by atoms with Crippen LogP contribution in [0, 0.1) is 0 Å². The highest BCUT2D eigenvalue weighted by atomic mass is 16.7. The molecular weight excluding hydrogens is 312 g/mol. The van der Waals surface area contributed by atoms with Gasteiger partial charge in [0.1, 0.15) is 18.1 Å². The first-order valence-electron chi connectivity index (χ1n) is 7.73. The minimum absolute atomic E-state index is 0.129. The smallest absolute Gasteiger partial charge is 0.432 e. The van der Waals surface area contributed by atoms with Crippen LogP contribution in [0.4, 0.5) is 4.79 Å². The van der Waals surface area contributed by atoms with E-state index in [9.17, 15) is 9.59 Å². The number of rotatable bonds is 6. The van der Waals surface area contributed by atoms with Crippen LogP contribution in [0.2, 0.25) is 0 Å². The molecule has 0 aliphatic rings. The van der Waals surface area contributed by atoms with Gasteiger partial charge in [-0.2, -0.15) is 0 Å². The Kier molecular flexibility index (Phi) is 8.21. The number of pyridine rings is 1. The van der Waals surface area contributed by atoms with Gasteiger partial charge in [0, 0.05) is 12.0 Å². The Labute approximate surface area is 140 Å².